The zero-order chi connectivity index (χ0) is 15.3. The molecule has 1 amide bonds. The maximum absolute atomic E-state index is 11.9. The number of carboxylic acids is 1. The molecular formula is C13H18ClN3O3. The van der Waals surface area contributed by atoms with Crippen LogP contribution in [0.4, 0.5) is 11.4 Å². The lowest BCUT2D eigenvalue weighted by Gasteiger charge is -2.19. The Hall–Kier alpha value is -1.79. The number of aliphatic carboxylic acids is 1. The first kappa shape index (κ1) is 16.3. The number of carbonyl (C=O) groups excluding carboxylic acids is 1. The molecule has 0 spiro atoms. The molecule has 4 N–H and O–H groups in total. The number of carbonyl (C=O) groups is 2. The summed E-state index contributed by atoms with van der Waals surface area (Å²) < 4.78 is 0. The summed E-state index contributed by atoms with van der Waals surface area (Å²) in [6.45, 7) is 0. The van der Waals surface area contributed by atoms with Gasteiger partial charge in [-0.3, -0.25) is 9.59 Å². The van der Waals surface area contributed by atoms with Crippen LogP contribution in [-0.2, 0) is 9.59 Å². The third kappa shape index (κ3) is 4.71. The third-order valence-corrected chi connectivity index (χ3v) is 2.94. The Morgan fingerprint density at radius 1 is 1.45 bits per heavy atom. The van der Waals surface area contributed by atoms with E-state index in [0.29, 0.717) is 10.7 Å². The van der Waals surface area contributed by atoms with Gasteiger partial charge in [-0.15, -0.1) is 0 Å². The van der Waals surface area contributed by atoms with Gasteiger partial charge in [0.2, 0.25) is 5.91 Å². The van der Waals surface area contributed by atoms with E-state index in [1.54, 1.807) is 18.2 Å². The summed E-state index contributed by atoms with van der Waals surface area (Å²) in [6, 6.07) is 4.25. The van der Waals surface area contributed by atoms with Crippen molar-refractivity contribution in [1.29, 1.82) is 0 Å². The summed E-state index contributed by atoms with van der Waals surface area (Å²) in [5.74, 6) is -1.42. The molecule has 0 aromatic heterocycles. The highest BCUT2D eigenvalue weighted by Crippen LogP contribution is 2.27. The van der Waals surface area contributed by atoms with Crippen molar-refractivity contribution >= 4 is 34.9 Å². The lowest BCUT2D eigenvalue weighted by molar-refractivity contribution is -0.137. The Kier molecular flexibility index (Phi) is 5.79. The summed E-state index contributed by atoms with van der Waals surface area (Å²) >= 11 is 5.91. The highest BCUT2D eigenvalue weighted by atomic mass is 35.5. The van der Waals surface area contributed by atoms with E-state index in [1.165, 1.54) is 0 Å². The minimum absolute atomic E-state index is 0.0824. The van der Waals surface area contributed by atoms with Crippen LogP contribution in [0, 0.1) is 0 Å². The number of benzene rings is 1. The fourth-order valence-electron chi connectivity index (χ4n) is 1.63. The van der Waals surface area contributed by atoms with Gasteiger partial charge in [0, 0.05) is 25.5 Å². The topological polar surface area (TPSA) is 95.7 Å². The van der Waals surface area contributed by atoms with Crippen LogP contribution in [0.1, 0.15) is 12.8 Å². The normalized spacial score (nSPS) is 11.8. The van der Waals surface area contributed by atoms with Crippen molar-refractivity contribution in [3.05, 3.63) is 23.2 Å². The van der Waals surface area contributed by atoms with Crippen molar-refractivity contribution in [2.45, 2.75) is 18.9 Å². The minimum atomic E-state index is -0.981. The average Bonchev–Trinajstić information content (AvgIpc) is 2.35. The SMILES string of the molecule is CN(C)c1ccc(Cl)cc1NC(=O)C(N)CCC(=O)O. The van der Waals surface area contributed by atoms with Gasteiger partial charge in [0.05, 0.1) is 17.4 Å². The summed E-state index contributed by atoms with van der Waals surface area (Å²) in [4.78, 5) is 24.2. The van der Waals surface area contributed by atoms with Gasteiger partial charge in [0.25, 0.3) is 0 Å². The lowest BCUT2D eigenvalue weighted by atomic mass is 10.1. The predicted octanol–water partition coefficient (Wildman–Crippen LogP) is 1.54. The second kappa shape index (κ2) is 7.12. The van der Waals surface area contributed by atoms with Crippen LogP contribution in [-0.4, -0.2) is 37.1 Å². The van der Waals surface area contributed by atoms with E-state index in [0.717, 1.165) is 5.69 Å². The van der Waals surface area contributed by atoms with E-state index >= 15 is 0 Å². The maximum atomic E-state index is 11.9. The number of halogens is 1. The Morgan fingerprint density at radius 3 is 2.65 bits per heavy atom. The molecule has 0 aliphatic heterocycles. The molecule has 1 unspecified atom stereocenters. The van der Waals surface area contributed by atoms with Gasteiger partial charge in [-0.25, -0.2) is 0 Å². The number of nitrogens with zero attached hydrogens (tertiary/aromatic N) is 1. The van der Waals surface area contributed by atoms with E-state index in [2.05, 4.69) is 5.32 Å². The van der Waals surface area contributed by atoms with Gasteiger partial charge in [0.1, 0.15) is 0 Å². The summed E-state index contributed by atoms with van der Waals surface area (Å²) in [6.07, 6.45) is -0.0658. The van der Waals surface area contributed by atoms with Crippen LogP contribution >= 0.6 is 11.6 Å². The maximum Gasteiger partial charge on any atom is 0.303 e. The van der Waals surface area contributed by atoms with Crippen LogP contribution in [0.25, 0.3) is 0 Å². The van der Waals surface area contributed by atoms with Crippen molar-refractivity contribution in [2.24, 2.45) is 5.73 Å². The van der Waals surface area contributed by atoms with Gasteiger partial charge < -0.3 is 21.1 Å². The molecule has 1 aromatic carbocycles. The average molecular weight is 300 g/mol. The molecule has 0 saturated carbocycles. The van der Waals surface area contributed by atoms with E-state index in [1.807, 2.05) is 19.0 Å². The molecule has 110 valence electrons. The molecule has 0 heterocycles. The van der Waals surface area contributed by atoms with Crippen molar-refractivity contribution in [3.8, 4) is 0 Å². The quantitative estimate of drug-likeness (QED) is 0.740. The second-order valence-electron chi connectivity index (χ2n) is 4.58. The van der Waals surface area contributed by atoms with Crippen molar-refractivity contribution in [2.75, 3.05) is 24.3 Å². The number of anilines is 2. The zero-order valence-corrected chi connectivity index (χ0v) is 12.1. The first-order chi connectivity index (χ1) is 9.31. The molecule has 0 fully saturated rings. The van der Waals surface area contributed by atoms with Gasteiger partial charge in [-0.2, -0.15) is 0 Å². The van der Waals surface area contributed by atoms with E-state index < -0.39 is 17.9 Å². The standard InChI is InChI=1S/C13H18ClN3O3/c1-17(2)11-5-3-8(14)7-10(11)16-13(20)9(15)4-6-12(18)19/h3,5,7,9H,4,6,15H2,1-2H3,(H,16,20)(H,18,19). The number of amides is 1. The number of carboxylic acid groups (broad SMARTS) is 1. The second-order valence-corrected chi connectivity index (χ2v) is 5.02. The first-order valence-corrected chi connectivity index (χ1v) is 6.44. The largest absolute Gasteiger partial charge is 0.481 e. The van der Waals surface area contributed by atoms with Gasteiger partial charge in [0.15, 0.2) is 0 Å². The van der Waals surface area contributed by atoms with E-state index in [4.69, 9.17) is 22.4 Å². The number of nitrogens with one attached hydrogen (secondary N) is 1. The highest BCUT2D eigenvalue weighted by molar-refractivity contribution is 6.31. The number of nitrogens with two attached hydrogens (primary N) is 1. The highest BCUT2D eigenvalue weighted by Gasteiger charge is 2.17. The number of rotatable bonds is 6. The van der Waals surface area contributed by atoms with Crippen molar-refractivity contribution in [1.82, 2.24) is 0 Å². The van der Waals surface area contributed by atoms with Gasteiger partial charge in [-0.05, 0) is 24.6 Å². The summed E-state index contributed by atoms with van der Waals surface area (Å²) in [5, 5.41) is 11.7. The molecule has 1 aromatic rings. The Bertz CT molecular complexity index is 506. The Labute approximate surface area is 122 Å². The summed E-state index contributed by atoms with van der Waals surface area (Å²) in [5.41, 5.74) is 6.98. The number of hydrogen-bond donors (Lipinski definition) is 3. The molecule has 0 aliphatic rings. The fraction of sp³-hybridized carbons (Fsp3) is 0.385. The Balaban J connectivity index is 2.79. The third-order valence-electron chi connectivity index (χ3n) is 2.70. The van der Waals surface area contributed by atoms with E-state index in [9.17, 15) is 9.59 Å². The van der Waals surface area contributed by atoms with Crippen LogP contribution in [0.2, 0.25) is 5.02 Å². The van der Waals surface area contributed by atoms with Crippen LogP contribution in [0.3, 0.4) is 0 Å². The molecule has 1 rings (SSSR count). The first-order valence-electron chi connectivity index (χ1n) is 6.06. The number of hydrogen-bond acceptors (Lipinski definition) is 4. The predicted molar refractivity (Wildman–Crippen MR) is 79.3 cm³/mol. The molecule has 20 heavy (non-hydrogen) atoms. The smallest absolute Gasteiger partial charge is 0.303 e. The van der Waals surface area contributed by atoms with Crippen molar-refractivity contribution < 1.29 is 14.7 Å². The van der Waals surface area contributed by atoms with Crippen LogP contribution in [0.5, 0.6) is 0 Å². The zero-order valence-electron chi connectivity index (χ0n) is 11.4. The summed E-state index contributed by atoms with van der Waals surface area (Å²) in [7, 11) is 3.67. The minimum Gasteiger partial charge on any atom is -0.481 e. The van der Waals surface area contributed by atoms with Crippen molar-refractivity contribution in [3.63, 3.8) is 0 Å². The monoisotopic (exact) mass is 299 g/mol. The Morgan fingerprint density at radius 2 is 2.10 bits per heavy atom. The van der Waals surface area contributed by atoms with Crippen LogP contribution < -0.4 is 16.0 Å². The molecule has 6 nitrogen and oxygen atoms in total. The molecule has 0 radical (unpaired) electrons. The van der Waals surface area contributed by atoms with Crippen LogP contribution in [0.15, 0.2) is 18.2 Å². The van der Waals surface area contributed by atoms with E-state index in [-0.39, 0.29) is 12.8 Å². The molecule has 7 heteroatoms. The molecule has 0 aliphatic carbocycles. The lowest BCUT2D eigenvalue weighted by Crippen LogP contribution is -2.36. The molecular weight excluding hydrogens is 282 g/mol. The van der Waals surface area contributed by atoms with Gasteiger partial charge in [-0.1, -0.05) is 11.6 Å². The molecule has 0 bridgehead atoms. The molecule has 0 saturated heterocycles. The fourth-order valence-corrected chi connectivity index (χ4v) is 1.81. The van der Waals surface area contributed by atoms with Gasteiger partial charge >= 0.3 is 5.97 Å². The molecule has 1 atom stereocenters.